The fourth-order valence-electron chi connectivity index (χ4n) is 2.13. The number of halogens is 1. The minimum atomic E-state index is -3.41. The van der Waals surface area contributed by atoms with Crippen LogP contribution in [0.4, 0.5) is 5.69 Å². The van der Waals surface area contributed by atoms with Crippen molar-refractivity contribution in [3.05, 3.63) is 64.7 Å². The molecular formula is C17H19ClN2O3S. The second kappa shape index (κ2) is 7.68. The highest BCUT2D eigenvalue weighted by Crippen LogP contribution is 2.24. The standard InChI is InChI=1S/C17H19ClN2O3S/c1-20(24(2,22)23)14-8-9-16(18)15(12-14)17(21)19-11-10-13-6-4-3-5-7-13/h3-9,12H,10-11H2,1-2H3,(H,19,21). The number of carbonyl (C=O) groups excluding carboxylic acids is 1. The fraction of sp³-hybridized carbons (Fsp3) is 0.235. The molecule has 0 heterocycles. The highest BCUT2D eigenvalue weighted by molar-refractivity contribution is 7.92. The molecule has 24 heavy (non-hydrogen) atoms. The van der Waals surface area contributed by atoms with Gasteiger partial charge in [0.2, 0.25) is 10.0 Å². The van der Waals surface area contributed by atoms with E-state index in [1.807, 2.05) is 30.3 Å². The third kappa shape index (κ3) is 4.72. The van der Waals surface area contributed by atoms with E-state index in [9.17, 15) is 13.2 Å². The molecule has 0 aliphatic heterocycles. The van der Waals surface area contributed by atoms with Gasteiger partial charge in [-0.05, 0) is 30.2 Å². The number of anilines is 1. The van der Waals surface area contributed by atoms with Gasteiger partial charge < -0.3 is 5.32 Å². The zero-order valence-corrected chi connectivity index (χ0v) is 15.1. The third-order valence-electron chi connectivity index (χ3n) is 3.60. The van der Waals surface area contributed by atoms with Crippen LogP contribution in [0, 0.1) is 0 Å². The Kier molecular flexibility index (Phi) is 5.85. The zero-order valence-electron chi connectivity index (χ0n) is 13.5. The Balaban J connectivity index is 2.08. The highest BCUT2D eigenvalue weighted by atomic mass is 35.5. The molecule has 0 saturated carbocycles. The van der Waals surface area contributed by atoms with Crippen LogP contribution >= 0.6 is 11.6 Å². The molecule has 1 N–H and O–H groups in total. The lowest BCUT2D eigenvalue weighted by molar-refractivity contribution is 0.0954. The predicted molar refractivity (Wildman–Crippen MR) is 97.2 cm³/mol. The molecule has 0 fully saturated rings. The van der Waals surface area contributed by atoms with E-state index in [0.717, 1.165) is 16.1 Å². The Hall–Kier alpha value is -2.05. The lowest BCUT2D eigenvalue weighted by Crippen LogP contribution is -2.28. The first-order valence-corrected chi connectivity index (χ1v) is 9.57. The van der Waals surface area contributed by atoms with Gasteiger partial charge in [0.25, 0.3) is 5.91 Å². The van der Waals surface area contributed by atoms with E-state index in [0.29, 0.717) is 18.7 Å². The fourth-order valence-corrected chi connectivity index (χ4v) is 2.83. The SMILES string of the molecule is CN(c1ccc(Cl)c(C(=O)NCCc2ccccc2)c1)S(C)(=O)=O. The van der Waals surface area contributed by atoms with Gasteiger partial charge >= 0.3 is 0 Å². The predicted octanol–water partition coefficient (Wildman–Crippen LogP) is 2.71. The van der Waals surface area contributed by atoms with E-state index in [2.05, 4.69) is 5.32 Å². The summed E-state index contributed by atoms with van der Waals surface area (Å²) >= 11 is 6.08. The molecule has 2 aromatic rings. The van der Waals surface area contributed by atoms with Crippen molar-refractivity contribution < 1.29 is 13.2 Å². The molecule has 0 unspecified atom stereocenters. The van der Waals surface area contributed by atoms with E-state index in [-0.39, 0.29) is 16.5 Å². The van der Waals surface area contributed by atoms with Crippen molar-refractivity contribution in [2.24, 2.45) is 0 Å². The van der Waals surface area contributed by atoms with Crippen LogP contribution in [0.1, 0.15) is 15.9 Å². The van der Waals surface area contributed by atoms with Gasteiger partial charge in [-0.1, -0.05) is 41.9 Å². The Labute approximate surface area is 147 Å². The van der Waals surface area contributed by atoms with Crippen LogP contribution < -0.4 is 9.62 Å². The summed E-state index contributed by atoms with van der Waals surface area (Å²) in [7, 11) is -1.98. The second-order valence-corrected chi connectivity index (χ2v) is 7.81. The van der Waals surface area contributed by atoms with Crippen molar-refractivity contribution in [1.82, 2.24) is 5.32 Å². The van der Waals surface area contributed by atoms with Gasteiger partial charge in [-0.25, -0.2) is 8.42 Å². The molecule has 0 saturated heterocycles. The Morgan fingerprint density at radius 3 is 2.46 bits per heavy atom. The van der Waals surface area contributed by atoms with Crippen LogP contribution in [0.15, 0.2) is 48.5 Å². The molecule has 0 bridgehead atoms. The summed E-state index contributed by atoms with van der Waals surface area (Å²) in [6, 6.07) is 14.3. The average molecular weight is 367 g/mol. The zero-order chi connectivity index (χ0) is 17.7. The Morgan fingerprint density at radius 2 is 1.83 bits per heavy atom. The summed E-state index contributed by atoms with van der Waals surface area (Å²) in [5.74, 6) is -0.334. The van der Waals surface area contributed by atoms with E-state index >= 15 is 0 Å². The molecule has 128 valence electrons. The summed E-state index contributed by atoms with van der Waals surface area (Å²) in [6.45, 7) is 0.464. The van der Waals surface area contributed by atoms with Gasteiger partial charge in [-0.2, -0.15) is 0 Å². The number of amides is 1. The molecule has 2 rings (SSSR count). The van der Waals surface area contributed by atoms with Crippen LogP contribution in [-0.4, -0.2) is 34.2 Å². The minimum absolute atomic E-state index is 0.248. The Bertz CT molecular complexity index is 823. The number of nitrogens with one attached hydrogen (secondary N) is 1. The molecule has 0 spiro atoms. The van der Waals surface area contributed by atoms with Crippen LogP contribution in [-0.2, 0) is 16.4 Å². The van der Waals surface area contributed by atoms with Crippen molar-refractivity contribution >= 4 is 33.2 Å². The van der Waals surface area contributed by atoms with Crippen molar-refractivity contribution in [1.29, 1.82) is 0 Å². The van der Waals surface area contributed by atoms with E-state index in [1.54, 1.807) is 6.07 Å². The summed E-state index contributed by atoms with van der Waals surface area (Å²) in [4.78, 5) is 12.3. The lowest BCUT2D eigenvalue weighted by atomic mass is 10.1. The molecule has 1 amide bonds. The molecule has 7 heteroatoms. The van der Waals surface area contributed by atoms with Crippen LogP contribution in [0.3, 0.4) is 0 Å². The Morgan fingerprint density at radius 1 is 1.17 bits per heavy atom. The molecule has 0 aliphatic rings. The van der Waals surface area contributed by atoms with Gasteiger partial charge in [0.1, 0.15) is 0 Å². The van der Waals surface area contributed by atoms with Crippen LogP contribution in [0.5, 0.6) is 0 Å². The van der Waals surface area contributed by atoms with Gasteiger partial charge in [0.05, 0.1) is 22.5 Å². The molecule has 5 nitrogen and oxygen atoms in total. The second-order valence-electron chi connectivity index (χ2n) is 5.39. The van der Waals surface area contributed by atoms with Gasteiger partial charge in [0, 0.05) is 13.6 Å². The van der Waals surface area contributed by atoms with Gasteiger partial charge in [0.15, 0.2) is 0 Å². The molecule has 0 aromatic heterocycles. The first-order chi connectivity index (χ1) is 11.3. The maximum absolute atomic E-state index is 12.3. The molecule has 2 aromatic carbocycles. The largest absolute Gasteiger partial charge is 0.352 e. The van der Waals surface area contributed by atoms with Crippen molar-refractivity contribution in [2.75, 3.05) is 24.2 Å². The van der Waals surface area contributed by atoms with Crippen LogP contribution in [0.25, 0.3) is 0 Å². The quantitative estimate of drug-likeness (QED) is 0.854. The monoisotopic (exact) mass is 366 g/mol. The summed E-state index contributed by atoms with van der Waals surface area (Å²) in [6.07, 6.45) is 1.80. The molecular weight excluding hydrogens is 348 g/mol. The van der Waals surface area contributed by atoms with Gasteiger partial charge in [-0.15, -0.1) is 0 Å². The van der Waals surface area contributed by atoms with Crippen molar-refractivity contribution in [2.45, 2.75) is 6.42 Å². The van der Waals surface area contributed by atoms with Crippen LogP contribution in [0.2, 0.25) is 5.02 Å². The summed E-state index contributed by atoms with van der Waals surface area (Å²) in [5.41, 5.74) is 1.75. The first kappa shape index (κ1) is 18.3. The van der Waals surface area contributed by atoms with E-state index in [4.69, 9.17) is 11.6 Å². The highest BCUT2D eigenvalue weighted by Gasteiger charge is 2.16. The number of rotatable bonds is 6. The topological polar surface area (TPSA) is 66.5 Å². The number of sulfonamides is 1. The summed E-state index contributed by atoms with van der Waals surface area (Å²) in [5, 5.41) is 3.08. The lowest BCUT2D eigenvalue weighted by Gasteiger charge is -2.18. The van der Waals surface area contributed by atoms with E-state index in [1.165, 1.54) is 19.2 Å². The number of nitrogens with zero attached hydrogens (tertiary/aromatic N) is 1. The maximum Gasteiger partial charge on any atom is 0.252 e. The van der Waals surface area contributed by atoms with Crippen molar-refractivity contribution in [3.8, 4) is 0 Å². The minimum Gasteiger partial charge on any atom is -0.352 e. The summed E-state index contributed by atoms with van der Waals surface area (Å²) < 4.78 is 24.3. The number of carbonyl (C=O) groups is 1. The maximum atomic E-state index is 12.3. The molecule has 0 radical (unpaired) electrons. The normalized spacial score (nSPS) is 11.1. The molecule has 0 atom stereocenters. The smallest absolute Gasteiger partial charge is 0.252 e. The van der Waals surface area contributed by atoms with Gasteiger partial charge in [-0.3, -0.25) is 9.10 Å². The van der Waals surface area contributed by atoms with Crippen molar-refractivity contribution in [3.63, 3.8) is 0 Å². The average Bonchev–Trinajstić information content (AvgIpc) is 2.54. The molecule has 0 aliphatic carbocycles. The number of hydrogen-bond acceptors (Lipinski definition) is 3. The number of hydrogen-bond donors (Lipinski definition) is 1. The van der Waals surface area contributed by atoms with E-state index < -0.39 is 10.0 Å². The first-order valence-electron chi connectivity index (χ1n) is 7.34. The number of benzene rings is 2. The third-order valence-corrected chi connectivity index (χ3v) is 5.13.